The van der Waals surface area contributed by atoms with Crippen LogP contribution in [0.1, 0.15) is 32.6 Å². The van der Waals surface area contributed by atoms with E-state index in [1.54, 1.807) is 43.3 Å². The number of hydrogen-bond acceptors (Lipinski definition) is 2. The van der Waals surface area contributed by atoms with Gasteiger partial charge in [0.05, 0.1) is 4.91 Å². The van der Waals surface area contributed by atoms with Crippen LogP contribution in [0.5, 0.6) is 0 Å². The molecule has 0 atom stereocenters. The van der Waals surface area contributed by atoms with Crippen LogP contribution in [0.3, 0.4) is 0 Å². The second-order valence-corrected chi connectivity index (χ2v) is 8.08. The number of Topliss-reactive ketones (excluding diaryl/α,β-unsaturated/α-hetero) is 1. The normalized spacial score (nSPS) is 11.5. The maximum absolute atomic E-state index is 13.6. The Morgan fingerprint density at radius 2 is 1.68 bits per heavy atom. The molecule has 0 aliphatic heterocycles. The first kappa shape index (κ1) is 20.4. The number of ketones is 1. The molecular formula is C24H20ClFOS. The first-order valence-corrected chi connectivity index (χ1v) is 10.3. The number of allylic oxidation sites excluding steroid dienone is 1. The predicted octanol–water partition coefficient (Wildman–Crippen LogP) is 7.25. The van der Waals surface area contributed by atoms with Crippen LogP contribution >= 0.6 is 23.4 Å². The van der Waals surface area contributed by atoms with Crippen molar-refractivity contribution >= 4 is 35.2 Å². The zero-order valence-electron chi connectivity index (χ0n) is 15.7. The molecule has 0 aromatic heterocycles. The van der Waals surface area contributed by atoms with E-state index in [4.69, 9.17) is 11.6 Å². The Hall–Kier alpha value is -2.36. The van der Waals surface area contributed by atoms with E-state index in [1.807, 2.05) is 13.0 Å². The van der Waals surface area contributed by atoms with Crippen LogP contribution in [-0.4, -0.2) is 5.78 Å². The van der Waals surface area contributed by atoms with Crippen LogP contribution in [0, 0.1) is 19.7 Å². The van der Waals surface area contributed by atoms with Crippen molar-refractivity contribution in [3.05, 3.63) is 110 Å². The first-order valence-electron chi connectivity index (χ1n) is 8.89. The fraction of sp³-hybridized carbons (Fsp3) is 0.125. The zero-order valence-corrected chi connectivity index (χ0v) is 17.3. The molecule has 0 unspecified atom stereocenters. The summed E-state index contributed by atoms with van der Waals surface area (Å²) >= 11 is 7.42. The molecule has 1 nitrogen and oxygen atoms in total. The summed E-state index contributed by atoms with van der Waals surface area (Å²) in [5, 5.41) is 0.587. The summed E-state index contributed by atoms with van der Waals surface area (Å²) in [4.78, 5) is 13.7. The van der Waals surface area contributed by atoms with Crippen molar-refractivity contribution in [2.45, 2.75) is 19.6 Å². The van der Waals surface area contributed by atoms with Gasteiger partial charge in [-0.05, 0) is 73.0 Å². The lowest BCUT2D eigenvalue weighted by atomic mass is 10.1. The van der Waals surface area contributed by atoms with Crippen LogP contribution < -0.4 is 0 Å². The zero-order chi connectivity index (χ0) is 20.1. The number of benzene rings is 3. The minimum absolute atomic E-state index is 0.0734. The maximum atomic E-state index is 13.6. The largest absolute Gasteiger partial charge is 0.288 e. The van der Waals surface area contributed by atoms with Gasteiger partial charge >= 0.3 is 0 Å². The molecule has 0 amide bonds. The summed E-state index contributed by atoms with van der Waals surface area (Å²) in [7, 11) is 0. The molecule has 3 aromatic carbocycles. The van der Waals surface area contributed by atoms with Crippen LogP contribution in [0.4, 0.5) is 4.39 Å². The maximum Gasteiger partial charge on any atom is 0.199 e. The molecule has 142 valence electrons. The molecular weight excluding hydrogens is 391 g/mol. The summed E-state index contributed by atoms with van der Waals surface area (Å²) in [6.45, 7) is 3.76. The van der Waals surface area contributed by atoms with Crippen molar-refractivity contribution < 1.29 is 9.18 Å². The average Bonchev–Trinajstić information content (AvgIpc) is 2.69. The van der Waals surface area contributed by atoms with Crippen molar-refractivity contribution in [2.24, 2.45) is 0 Å². The highest BCUT2D eigenvalue weighted by Crippen LogP contribution is 2.28. The summed E-state index contributed by atoms with van der Waals surface area (Å²) in [6.07, 6.45) is 1.82. The number of thioether (sulfide) groups is 1. The summed E-state index contributed by atoms with van der Waals surface area (Å²) in [5.41, 5.74) is 4.26. The Morgan fingerprint density at radius 3 is 2.32 bits per heavy atom. The Kier molecular flexibility index (Phi) is 6.71. The first-order chi connectivity index (χ1) is 13.4. The molecule has 0 fully saturated rings. The highest BCUT2D eigenvalue weighted by Gasteiger charge is 2.14. The summed E-state index contributed by atoms with van der Waals surface area (Å²) < 4.78 is 13.6. The number of carbonyl (C=O) groups excluding carboxylic acids is 1. The Balaban J connectivity index is 1.91. The van der Waals surface area contributed by atoms with Crippen LogP contribution in [0.2, 0.25) is 5.02 Å². The third-order valence-electron chi connectivity index (χ3n) is 4.32. The second kappa shape index (κ2) is 9.22. The van der Waals surface area contributed by atoms with Crippen LogP contribution in [0.25, 0.3) is 6.08 Å². The van der Waals surface area contributed by atoms with Gasteiger partial charge < -0.3 is 0 Å². The molecule has 0 aliphatic rings. The monoisotopic (exact) mass is 410 g/mol. The van der Waals surface area contributed by atoms with Gasteiger partial charge in [-0.3, -0.25) is 4.79 Å². The number of halogens is 2. The van der Waals surface area contributed by atoms with Gasteiger partial charge in [0.25, 0.3) is 0 Å². The molecule has 4 heteroatoms. The van der Waals surface area contributed by atoms with Gasteiger partial charge in [-0.25, -0.2) is 4.39 Å². The van der Waals surface area contributed by atoms with Crippen LogP contribution in [-0.2, 0) is 5.75 Å². The Bertz CT molecular complexity index is 1010. The van der Waals surface area contributed by atoms with E-state index >= 15 is 0 Å². The molecule has 28 heavy (non-hydrogen) atoms. The smallest absolute Gasteiger partial charge is 0.199 e. The van der Waals surface area contributed by atoms with E-state index in [9.17, 15) is 9.18 Å². The van der Waals surface area contributed by atoms with E-state index in [0.717, 1.165) is 11.1 Å². The summed E-state index contributed by atoms with van der Waals surface area (Å²) in [5.74, 6) is 0.344. The van der Waals surface area contributed by atoms with E-state index in [-0.39, 0.29) is 11.6 Å². The third kappa shape index (κ3) is 5.34. The molecule has 0 bridgehead atoms. The molecule has 0 radical (unpaired) electrons. The van der Waals surface area contributed by atoms with E-state index in [1.165, 1.54) is 23.4 Å². The topological polar surface area (TPSA) is 17.1 Å². The lowest BCUT2D eigenvalue weighted by molar-refractivity contribution is 0.104. The van der Waals surface area contributed by atoms with Crippen molar-refractivity contribution in [1.29, 1.82) is 0 Å². The number of rotatable bonds is 6. The van der Waals surface area contributed by atoms with Crippen molar-refractivity contribution in [3.63, 3.8) is 0 Å². The molecule has 0 saturated carbocycles. The van der Waals surface area contributed by atoms with Gasteiger partial charge in [-0.15, -0.1) is 11.8 Å². The van der Waals surface area contributed by atoms with Crippen molar-refractivity contribution in [3.8, 4) is 0 Å². The van der Waals surface area contributed by atoms with E-state index in [0.29, 0.717) is 26.8 Å². The number of hydrogen-bond donors (Lipinski definition) is 0. The minimum Gasteiger partial charge on any atom is -0.288 e. The molecule has 0 N–H and O–H groups in total. The molecule has 0 heterocycles. The van der Waals surface area contributed by atoms with Crippen LogP contribution in [0.15, 0.2) is 71.6 Å². The highest BCUT2D eigenvalue weighted by molar-refractivity contribution is 8.03. The quantitative estimate of drug-likeness (QED) is 0.314. The number of carbonyl (C=O) groups is 1. The lowest BCUT2D eigenvalue weighted by Crippen LogP contribution is -2.01. The fourth-order valence-electron chi connectivity index (χ4n) is 2.67. The Labute approximate surface area is 174 Å². The van der Waals surface area contributed by atoms with Crippen molar-refractivity contribution in [2.75, 3.05) is 0 Å². The minimum atomic E-state index is -0.255. The molecule has 0 saturated heterocycles. The molecule has 3 rings (SSSR count). The number of aryl methyl sites for hydroxylation is 2. The van der Waals surface area contributed by atoms with E-state index < -0.39 is 0 Å². The second-order valence-electron chi connectivity index (χ2n) is 6.63. The van der Waals surface area contributed by atoms with Gasteiger partial charge in [0.1, 0.15) is 5.82 Å². The van der Waals surface area contributed by atoms with Gasteiger partial charge in [-0.2, -0.15) is 0 Å². The van der Waals surface area contributed by atoms with Gasteiger partial charge in [0, 0.05) is 16.3 Å². The molecule has 3 aromatic rings. The lowest BCUT2D eigenvalue weighted by Gasteiger charge is -2.09. The van der Waals surface area contributed by atoms with E-state index in [2.05, 4.69) is 24.3 Å². The van der Waals surface area contributed by atoms with Gasteiger partial charge in [-0.1, -0.05) is 47.5 Å². The van der Waals surface area contributed by atoms with Crippen molar-refractivity contribution in [1.82, 2.24) is 0 Å². The predicted molar refractivity (Wildman–Crippen MR) is 117 cm³/mol. The summed E-state index contributed by atoms with van der Waals surface area (Å²) in [6, 6.07) is 20.0. The Morgan fingerprint density at radius 1 is 1.00 bits per heavy atom. The average molecular weight is 411 g/mol. The molecule has 0 aliphatic carbocycles. The van der Waals surface area contributed by atoms with Gasteiger partial charge in [0.15, 0.2) is 5.78 Å². The fourth-order valence-corrected chi connectivity index (χ4v) is 3.78. The van der Waals surface area contributed by atoms with Gasteiger partial charge in [0.2, 0.25) is 0 Å². The SMILES string of the molecule is Cc1ccc(CS/C(=C/c2ccc(F)c(C)c2)C(=O)c2ccc(Cl)cc2)cc1. The third-order valence-corrected chi connectivity index (χ3v) is 5.67. The standard InChI is InChI=1S/C24H20ClFOS/c1-16-3-5-18(6-4-16)15-28-23(14-19-7-12-22(26)17(2)13-19)24(27)20-8-10-21(25)11-9-20/h3-14H,15H2,1-2H3/b23-14+. The molecule has 0 spiro atoms. The highest BCUT2D eigenvalue weighted by atomic mass is 35.5.